The minimum Gasteiger partial charge on any atom is -0.493 e. The maximum Gasteiger partial charge on any atom is 0.151 e. The molecule has 5 rings (SSSR count). The Hall–Kier alpha value is -3.58. The fourth-order valence-corrected chi connectivity index (χ4v) is 3.98. The quantitative estimate of drug-likeness (QED) is 0.445. The smallest absolute Gasteiger partial charge is 0.151 e. The first-order chi connectivity index (χ1) is 14.3. The molecule has 0 saturated carbocycles. The number of hydrogen-bond acceptors (Lipinski definition) is 6. The van der Waals surface area contributed by atoms with E-state index in [0.717, 1.165) is 38.4 Å². The molecule has 0 radical (unpaired) electrons. The van der Waals surface area contributed by atoms with Crippen molar-refractivity contribution in [1.82, 2.24) is 25.6 Å². The number of H-pyrrole nitrogens is 1. The molecular weight excluding hydrogens is 382 g/mol. The number of rotatable bonds is 6. The highest BCUT2D eigenvalue weighted by atomic mass is 32.1. The molecule has 2 heterocycles. The molecule has 0 fully saturated rings. The Morgan fingerprint density at radius 3 is 2.62 bits per heavy atom. The predicted molar refractivity (Wildman–Crippen MR) is 114 cm³/mol. The third kappa shape index (κ3) is 3.86. The average molecular weight is 399 g/mol. The first-order valence-electron chi connectivity index (χ1n) is 9.26. The van der Waals surface area contributed by atoms with Crippen LogP contribution in [0.2, 0.25) is 0 Å². The summed E-state index contributed by atoms with van der Waals surface area (Å²) in [6.07, 6.45) is 0.636. The van der Waals surface area contributed by atoms with E-state index in [1.54, 1.807) is 11.3 Å². The van der Waals surface area contributed by atoms with E-state index in [4.69, 9.17) is 9.72 Å². The number of aromatic amines is 1. The molecule has 2 aromatic heterocycles. The second-order valence-electron chi connectivity index (χ2n) is 6.57. The topological polar surface area (TPSA) is 76.6 Å². The number of ether oxygens (including phenoxy) is 1. The van der Waals surface area contributed by atoms with E-state index in [-0.39, 0.29) is 0 Å². The van der Waals surface area contributed by atoms with E-state index >= 15 is 0 Å². The number of fused-ring (bicyclic) bond motifs is 1. The SMILES string of the molecule is c1ccc(-c2nc(-c3ccc4cc(OCCc5nnn[nH]5)ccc4c3)cs2)cc1. The summed E-state index contributed by atoms with van der Waals surface area (Å²) < 4.78 is 5.83. The van der Waals surface area contributed by atoms with E-state index in [9.17, 15) is 0 Å². The minimum absolute atomic E-state index is 0.515. The lowest BCUT2D eigenvalue weighted by atomic mass is 10.1. The van der Waals surface area contributed by atoms with Gasteiger partial charge in [-0.2, -0.15) is 0 Å². The van der Waals surface area contributed by atoms with Crippen LogP contribution in [-0.2, 0) is 6.42 Å². The zero-order chi connectivity index (χ0) is 19.5. The lowest BCUT2D eigenvalue weighted by Gasteiger charge is -2.07. The van der Waals surface area contributed by atoms with Gasteiger partial charge >= 0.3 is 0 Å². The summed E-state index contributed by atoms with van der Waals surface area (Å²) in [6.45, 7) is 0.515. The zero-order valence-corrected chi connectivity index (χ0v) is 16.3. The van der Waals surface area contributed by atoms with Crippen molar-refractivity contribution >= 4 is 22.1 Å². The maximum atomic E-state index is 5.83. The number of aromatic nitrogens is 5. The highest BCUT2D eigenvalue weighted by molar-refractivity contribution is 7.13. The van der Waals surface area contributed by atoms with E-state index < -0.39 is 0 Å². The van der Waals surface area contributed by atoms with Crippen LogP contribution in [-0.4, -0.2) is 32.2 Å². The van der Waals surface area contributed by atoms with Gasteiger partial charge in [-0.1, -0.05) is 48.5 Å². The van der Waals surface area contributed by atoms with Crippen LogP contribution in [0, 0.1) is 0 Å². The fraction of sp³-hybridized carbons (Fsp3) is 0.0909. The number of nitrogens with one attached hydrogen (secondary N) is 1. The predicted octanol–water partition coefficient (Wildman–Crippen LogP) is 4.76. The summed E-state index contributed by atoms with van der Waals surface area (Å²) in [4.78, 5) is 4.81. The molecule has 0 aliphatic carbocycles. The van der Waals surface area contributed by atoms with Gasteiger partial charge in [-0.3, -0.25) is 0 Å². The van der Waals surface area contributed by atoms with Gasteiger partial charge in [0.15, 0.2) is 5.82 Å². The summed E-state index contributed by atoms with van der Waals surface area (Å²) >= 11 is 1.67. The van der Waals surface area contributed by atoms with Gasteiger partial charge in [-0.05, 0) is 39.4 Å². The molecule has 0 unspecified atom stereocenters. The molecule has 0 spiro atoms. The van der Waals surface area contributed by atoms with E-state index in [1.807, 2.05) is 30.3 Å². The monoisotopic (exact) mass is 399 g/mol. The van der Waals surface area contributed by atoms with Gasteiger partial charge in [0, 0.05) is 22.9 Å². The number of hydrogen-bond donors (Lipinski definition) is 1. The van der Waals surface area contributed by atoms with Gasteiger partial charge in [0.25, 0.3) is 0 Å². The molecule has 1 N–H and O–H groups in total. The van der Waals surface area contributed by atoms with Crippen molar-refractivity contribution in [2.75, 3.05) is 6.61 Å². The van der Waals surface area contributed by atoms with Crippen LogP contribution in [0.5, 0.6) is 5.75 Å². The highest BCUT2D eigenvalue weighted by Crippen LogP contribution is 2.31. The lowest BCUT2D eigenvalue weighted by molar-refractivity contribution is 0.319. The third-order valence-electron chi connectivity index (χ3n) is 4.63. The molecule has 0 atom stereocenters. The standard InChI is InChI=1S/C22H17N5OS/c1-2-4-15(5-3-1)22-23-20(14-29-22)18-7-6-17-13-19(9-8-16(17)12-18)28-11-10-21-24-26-27-25-21/h1-9,12-14H,10-11H2,(H,24,25,26,27). The van der Waals surface area contributed by atoms with Crippen LogP contribution >= 0.6 is 11.3 Å². The Bertz CT molecular complexity index is 1230. The Morgan fingerprint density at radius 1 is 0.897 bits per heavy atom. The molecule has 3 aromatic carbocycles. The number of tetrazole rings is 1. The first kappa shape index (κ1) is 17.5. The second kappa shape index (κ2) is 7.81. The molecule has 29 heavy (non-hydrogen) atoms. The molecule has 0 bridgehead atoms. The molecule has 6 nitrogen and oxygen atoms in total. The first-order valence-corrected chi connectivity index (χ1v) is 10.1. The van der Waals surface area contributed by atoms with Crippen molar-refractivity contribution in [3.8, 4) is 27.6 Å². The Labute approximate surface area is 171 Å². The molecule has 142 valence electrons. The molecule has 0 aliphatic rings. The average Bonchev–Trinajstić information content (AvgIpc) is 3.46. The van der Waals surface area contributed by atoms with Crippen molar-refractivity contribution in [3.05, 3.63) is 77.9 Å². The minimum atomic E-state index is 0.515. The molecule has 0 saturated heterocycles. The van der Waals surface area contributed by atoms with Crippen LogP contribution in [0.25, 0.3) is 32.6 Å². The summed E-state index contributed by atoms with van der Waals surface area (Å²) in [5, 5.41) is 19.1. The van der Waals surface area contributed by atoms with Gasteiger partial charge < -0.3 is 4.74 Å². The van der Waals surface area contributed by atoms with Crippen molar-refractivity contribution in [1.29, 1.82) is 0 Å². The maximum absolute atomic E-state index is 5.83. The van der Waals surface area contributed by atoms with E-state index in [0.29, 0.717) is 18.9 Å². The normalized spacial score (nSPS) is 11.0. The van der Waals surface area contributed by atoms with Crippen molar-refractivity contribution < 1.29 is 4.74 Å². The zero-order valence-electron chi connectivity index (χ0n) is 15.4. The van der Waals surface area contributed by atoms with Crippen LogP contribution in [0.4, 0.5) is 0 Å². The van der Waals surface area contributed by atoms with Gasteiger partial charge in [0.1, 0.15) is 10.8 Å². The number of thiazole rings is 1. The van der Waals surface area contributed by atoms with Crippen LogP contribution in [0.3, 0.4) is 0 Å². The second-order valence-corrected chi connectivity index (χ2v) is 7.43. The lowest BCUT2D eigenvalue weighted by Crippen LogP contribution is -2.02. The van der Waals surface area contributed by atoms with Gasteiger partial charge in [-0.15, -0.1) is 16.4 Å². The molecular formula is C22H17N5OS. The van der Waals surface area contributed by atoms with E-state index in [1.165, 1.54) is 0 Å². The molecule has 0 amide bonds. The Morgan fingerprint density at radius 2 is 1.76 bits per heavy atom. The van der Waals surface area contributed by atoms with Gasteiger partial charge in [0.05, 0.1) is 12.3 Å². The van der Waals surface area contributed by atoms with Crippen LogP contribution < -0.4 is 4.74 Å². The summed E-state index contributed by atoms with van der Waals surface area (Å²) in [6, 6.07) is 22.8. The highest BCUT2D eigenvalue weighted by Gasteiger charge is 2.08. The van der Waals surface area contributed by atoms with E-state index in [2.05, 4.69) is 62.4 Å². The summed E-state index contributed by atoms with van der Waals surface area (Å²) in [5.41, 5.74) is 3.26. The van der Waals surface area contributed by atoms with Crippen molar-refractivity contribution in [2.45, 2.75) is 6.42 Å². The Kier molecular flexibility index (Phi) is 4.72. The van der Waals surface area contributed by atoms with Crippen LogP contribution in [0.1, 0.15) is 5.82 Å². The summed E-state index contributed by atoms with van der Waals surface area (Å²) in [7, 11) is 0. The fourth-order valence-electron chi connectivity index (χ4n) is 3.14. The molecule has 7 heteroatoms. The number of benzene rings is 3. The van der Waals surface area contributed by atoms with Crippen molar-refractivity contribution in [2.24, 2.45) is 0 Å². The van der Waals surface area contributed by atoms with Crippen molar-refractivity contribution in [3.63, 3.8) is 0 Å². The van der Waals surface area contributed by atoms with Gasteiger partial charge in [-0.25, -0.2) is 10.1 Å². The molecule has 0 aliphatic heterocycles. The summed E-state index contributed by atoms with van der Waals surface area (Å²) in [5.74, 6) is 1.55. The third-order valence-corrected chi connectivity index (χ3v) is 5.52. The molecule has 5 aromatic rings. The van der Waals surface area contributed by atoms with Gasteiger partial charge in [0.2, 0.25) is 0 Å². The Balaban J connectivity index is 1.33. The largest absolute Gasteiger partial charge is 0.493 e. The van der Waals surface area contributed by atoms with Crippen LogP contribution in [0.15, 0.2) is 72.1 Å². The number of nitrogens with zero attached hydrogens (tertiary/aromatic N) is 4.